The van der Waals surface area contributed by atoms with E-state index < -0.39 is 0 Å². The Kier molecular flexibility index (Phi) is 4.40. The third-order valence-electron chi connectivity index (χ3n) is 2.05. The zero-order valence-electron chi connectivity index (χ0n) is 8.40. The first-order chi connectivity index (χ1) is 6.65. The van der Waals surface area contributed by atoms with Crippen molar-refractivity contribution in [3.05, 3.63) is 0 Å². The Balaban J connectivity index is 2.60. The topological polar surface area (TPSA) is 46.6 Å². The molecule has 1 rings (SSSR count). The fourth-order valence-corrected chi connectivity index (χ4v) is 1.84. The number of hydrogen-bond acceptors (Lipinski definition) is 4. The fraction of sp³-hybridized carbons (Fsp3) is 0.778. The van der Waals surface area contributed by atoms with Gasteiger partial charge in [0, 0.05) is 0 Å². The molecular formula is C9H14NO3P. The van der Waals surface area contributed by atoms with E-state index in [9.17, 15) is 9.36 Å². The van der Waals surface area contributed by atoms with Crippen molar-refractivity contribution >= 4 is 13.9 Å². The summed E-state index contributed by atoms with van der Waals surface area (Å²) in [6.45, 7) is 4.36. The minimum atomic E-state index is -0.293. The van der Waals surface area contributed by atoms with Gasteiger partial charge in [-0.1, -0.05) is 0 Å². The number of ether oxygens (including phenoxy) is 1. The van der Waals surface area contributed by atoms with Crippen molar-refractivity contribution in [2.24, 2.45) is 0 Å². The first-order valence-electron chi connectivity index (χ1n) is 4.70. The van der Waals surface area contributed by atoms with E-state index in [-0.39, 0.29) is 26.0 Å². The van der Waals surface area contributed by atoms with E-state index >= 15 is 0 Å². The molecule has 4 nitrogen and oxygen atoms in total. The quantitative estimate of drug-likeness (QED) is 0.518. The van der Waals surface area contributed by atoms with Crippen LogP contribution in [-0.4, -0.2) is 29.6 Å². The molecule has 0 radical (unpaired) electrons. The molecule has 78 valence electrons. The van der Waals surface area contributed by atoms with Crippen molar-refractivity contribution in [1.82, 2.24) is 4.90 Å². The molecule has 1 saturated heterocycles. The Morgan fingerprint density at radius 1 is 1.64 bits per heavy atom. The zero-order chi connectivity index (χ0) is 10.6. The van der Waals surface area contributed by atoms with Gasteiger partial charge in [0.25, 0.3) is 0 Å². The summed E-state index contributed by atoms with van der Waals surface area (Å²) in [5.41, 5.74) is 0. The second-order valence-corrected chi connectivity index (χ2v) is 3.91. The second kappa shape index (κ2) is 5.35. The van der Waals surface area contributed by atoms with Crippen LogP contribution < -0.4 is 0 Å². The molecule has 1 heterocycles. The average molecular weight is 215 g/mol. The van der Waals surface area contributed by atoms with Crippen molar-refractivity contribution in [3.8, 4) is 5.75 Å². The Labute approximate surface area is 84.7 Å². The summed E-state index contributed by atoms with van der Waals surface area (Å²) in [7, 11) is -0.179. The van der Waals surface area contributed by atoms with E-state index in [0.717, 1.165) is 19.4 Å². The van der Waals surface area contributed by atoms with Gasteiger partial charge in [-0.25, -0.2) is 0 Å². The molecule has 0 spiro atoms. The Bertz CT molecular complexity index is 309. The molecule has 0 aliphatic carbocycles. The summed E-state index contributed by atoms with van der Waals surface area (Å²) < 4.78 is 15.4. The predicted octanol–water partition coefficient (Wildman–Crippen LogP) is 1.61. The van der Waals surface area contributed by atoms with Crippen molar-refractivity contribution < 1.29 is 14.1 Å². The number of esters is 1. The van der Waals surface area contributed by atoms with Gasteiger partial charge in [0.15, 0.2) is 0 Å². The van der Waals surface area contributed by atoms with Crippen LogP contribution in [0.25, 0.3) is 0 Å². The van der Waals surface area contributed by atoms with Crippen molar-refractivity contribution in [3.63, 3.8) is 0 Å². The van der Waals surface area contributed by atoms with Crippen LogP contribution in [0.15, 0.2) is 0 Å². The zero-order valence-corrected chi connectivity index (χ0v) is 9.29. The standard InChI is InChI=1S/C9H14NO3P/c1-7(2)13-9(11)8-4-3-5-10(8)6-14-12/h7-8H,3-5H2,1-2H3/t8-/m0/s1. The van der Waals surface area contributed by atoms with Crippen molar-refractivity contribution in [2.75, 3.05) is 6.54 Å². The van der Waals surface area contributed by atoms with Crippen LogP contribution in [0.1, 0.15) is 26.7 Å². The molecule has 5 heteroatoms. The van der Waals surface area contributed by atoms with Gasteiger partial charge >= 0.3 is 84.0 Å². The summed E-state index contributed by atoms with van der Waals surface area (Å²) in [6.07, 6.45) is 1.57. The van der Waals surface area contributed by atoms with Crippen LogP contribution in [0.4, 0.5) is 0 Å². The molecule has 0 aromatic carbocycles. The average Bonchev–Trinajstić information content (AvgIpc) is 2.51. The minimum absolute atomic E-state index is 0.102. The summed E-state index contributed by atoms with van der Waals surface area (Å²) in [5, 5.41) is 0. The first kappa shape index (κ1) is 11.5. The number of carbonyl (C=O) groups is 1. The summed E-state index contributed by atoms with van der Waals surface area (Å²) in [5.74, 6) is 2.36. The predicted molar refractivity (Wildman–Crippen MR) is 52.5 cm³/mol. The van der Waals surface area contributed by atoms with Crippen LogP contribution in [0.3, 0.4) is 0 Å². The molecular weight excluding hydrogens is 201 g/mol. The maximum atomic E-state index is 11.5. The third kappa shape index (κ3) is 2.98. The van der Waals surface area contributed by atoms with Crippen LogP contribution in [0, 0.1) is 5.75 Å². The second-order valence-electron chi connectivity index (χ2n) is 3.53. The van der Waals surface area contributed by atoms with E-state index in [2.05, 4.69) is 5.75 Å². The Morgan fingerprint density at radius 3 is 2.93 bits per heavy atom. The Hall–Kier alpha value is -0.560. The van der Waals surface area contributed by atoms with Crippen LogP contribution in [0.5, 0.6) is 0 Å². The van der Waals surface area contributed by atoms with Gasteiger partial charge in [0.1, 0.15) is 0 Å². The number of likely N-dealkylation sites (tertiary alicyclic amines) is 1. The fourth-order valence-electron chi connectivity index (χ4n) is 1.49. The van der Waals surface area contributed by atoms with E-state index in [1.807, 2.05) is 13.8 Å². The van der Waals surface area contributed by atoms with E-state index in [1.165, 1.54) is 0 Å². The molecule has 0 aromatic rings. The maximum absolute atomic E-state index is 11.5. The number of carbonyl (C=O) groups excluding carboxylic acids is 1. The molecule has 0 amide bonds. The number of rotatable bonds is 2. The molecule has 1 aliphatic heterocycles. The van der Waals surface area contributed by atoms with E-state index in [1.54, 1.807) is 4.90 Å². The van der Waals surface area contributed by atoms with Gasteiger partial charge in [-0.2, -0.15) is 0 Å². The molecule has 14 heavy (non-hydrogen) atoms. The monoisotopic (exact) mass is 215 g/mol. The molecule has 0 N–H and O–H groups in total. The number of hydrogen-bond donors (Lipinski definition) is 0. The van der Waals surface area contributed by atoms with Crippen LogP contribution in [-0.2, 0) is 14.1 Å². The van der Waals surface area contributed by atoms with Crippen molar-refractivity contribution in [2.45, 2.75) is 38.8 Å². The molecule has 1 atom stereocenters. The van der Waals surface area contributed by atoms with Gasteiger partial charge in [-0.3, -0.25) is 0 Å². The van der Waals surface area contributed by atoms with Crippen molar-refractivity contribution in [1.29, 1.82) is 0 Å². The van der Waals surface area contributed by atoms with Gasteiger partial charge in [0.05, 0.1) is 0 Å². The van der Waals surface area contributed by atoms with Gasteiger partial charge < -0.3 is 0 Å². The van der Waals surface area contributed by atoms with E-state index in [0.29, 0.717) is 0 Å². The molecule has 0 unspecified atom stereocenters. The molecule has 1 aliphatic rings. The van der Waals surface area contributed by atoms with Crippen LogP contribution in [0.2, 0.25) is 0 Å². The summed E-state index contributed by atoms with van der Waals surface area (Å²) >= 11 is 0. The summed E-state index contributed by atoms with van der Waals surface area (Å²) in [4.78, 5) is 13.2. The van der Waals surface area contributed by atoms with Gasteiger partial charge in [-0.05, 0) is 0 Å². The third-order valence-corrected chi connectivity index (χ3v) is 2.38. The first-order valence-corrected chi connectivity index (χ1v) is 5.51. The summed E-state index contributed by atoms with van der Waals surface area (Å²) in [6, 6.07) is -0.293. The normalized spacial score (nSPS) is 22.1. The molecule has 0 bridgehead atoms. The van der Waals surface area contributed by atoms with E-state index in [4.69, 9.17) is 4.74 Å². The molecule has 0 aromatic heterocycles. The van der Waals surface area contributed by atoms with Gasteiger partial charge in [0.2, 0.25) is 0 Å². The molecule has 1 fully saturated rings. The van der Waals surface area contributed by atoms with Gasteiger partial charge in [-0.15, -0.1) is 0 Å². The Morgan fingerprint density at radius 2 is 2.36 bits per heavy atom. The SMILES string of the molecule is CC(C)OC(=O)[C@@H]1CCCN1C#P=O. The molecule has 0 saturated carbocycles. The number of nitrogens with zero attached hydrogens (tertiary/aromatic N) is 1. The van der Waals surface area contributed by atoms with Crippen LogP contribution >= 0.6 is 7.92 Å².